The van der Waals surface area contributed by atoms with Gasteiger partial charge in [0.2, 0.25) is 0 Å². The number of thioether (sulfide) groups is 1. The fraction of sp³-hybridized carbons (Fsp3) is 0.500. The first-order valence-corrected chi connectivity index (χ1v) is 8.40. The summed E-state index contributed by atoms with van der Waals surface area (Å²) in [4.78, 5) is 25.2. The van der Waals surface area contributed by atoms with Crippen LogP contribution < -0.4 is 0 Å². The number of hydrogen-bond acceptors (Lipinski definition) is 3. The van der Waals surface area contributed by atoms with Crippen LogP contribution in [0, 0.1) is 11.3 Å². The fourth-order valence-corrected chi connectivity index (χ4v) is 3.93. The first-order chi connectivity index (χ1) is 11.2. The summed E-state index contributed by atoms with van der Waals surface area (Å²) in [6.07, 6.45) is 2.00. The number of hydrogen-bond donors (Lipinski definition) is 1. The minimum atomic E-state index is -4.35. The molecule has 1 aliphatic heterocycles. The zero-order chi connectivity index (χ0) is 17.5. The number of halogens is 3. The van der Waals surface area contributed by atoms with Gasteiger partial charge in [-0.3, -0.25) is 9.59 Å². The van der Waals surface area contributed by atoms with Crippen LogP contribution in [-0.4, -0.2) is 40.5 Å². The van der Waals surface area contributed by atoms with Crippen molar-refractivity contribution >= 4 is 23.6 Å². The van der Waals surface area contributed by atoms with Crippen molar-refractivity contribution in [2.45, 2.75) is 29.7 Å². The number of carbonyl (C=O) groups is 2. The van der Waals surface area contributed by atoms with E-state index in [-0.39, 0.29) is 33.9 Å². The summed E-state index contributed by atoms with van der Waals surface area (Å²) in [6, 6.07) is 5.38. The number of rotatable bonds is 3. The van der Waals surface area contributed by atoms with Gasteiger partial charge in [0.1, 0.15) is 0 Å². The Labute approximate surface area is 141 Å². The number of benzene rings is 1. The monoisotopic (exact) mass is 359 g/mol. The summed E-state index contributed by atoms with van der Waals surface area (Å²) in [5.41, 5.74) is -4.16. The number of nitrogens with zero attached hydrogens (tertiary/aromatic N) is 1. The number of aliphatic carboxylic acids is 1. The van der Waals surface area contributed by atoms with Crippen LogP contribution in [0.25, 0.3) is 0 Å². The average molecular weight is 359 g/mol. The lowest BCUT2D eigenvalue weighted by atomic mass is 9.90. The molecular weight excluding hydrogens is 343 g/mol. The van der Waals surface area contributed by atoms with Crippen molar-refractivity contribution in [3.05, 3.63) is 29.8 Å². The molecule has 1 unspecified atom stereocenters. The highest BCUT2D eigenvalue weighted by atomic mass is 32.2. The molecule has 0 aromatic heterocycles. The minimum absolute atomic E-state index is 0.0407. The van der Waals surface area contributed by atoms with Crippen molar-refractivity contribution in [3.8, 4) is 0 Å². The lowest BCUT2D eigenvalue weighted by Crippen LogP contribution is -2.40. The molecule has 0 radical (unpaired) electrons. The van der Waals surface area contributed by atoms with Crippen LogP contribution in [-0.2, 0) is 4.79 Å². The molecule has 1 saturated heterocycles. The van der Waals surface area contributed by atoms with Gasteiger partial charge >= 0.3 is 11.5 Å². The third-order valence-corrected chi connectivity index (χ3v) is 5.61. The van der Waals surface area contributed by atoms with Crippen molar-refractivity contribution < 1.29 is 27.9 Å². The van der Waals surface area contributed by atoms with Crippen molar-refractivity contribution in [1.82, 2.24) is 4.90 Å². The second kappa shape index (κ2) is 5.98. The van der Waals surface area contributed by atoms with Crippen LogP contribution >= 0.6 is 11.8 Å². The van der Waals surface area contributed by atoms with Crippen LogP contribution in [0.4, 0.5) is 13.2 Å². The smallest absolute Gasteiger partial charge is 0.446 e. The SMILES string of the molecule is O=C(O)C1CC12CCN(C(=O)c1ccc(SC(F)(F)F)cc1)CC2. The molecule has 2 fully saturated rings. The molecule has 130 valence electrons. The number of amides is 1. The Hall–Kier alpha value is -1.70. The van der Waals surface area contributed by atoms with Gasteiger partial charge in [-0.05, 0) is 60.7 Å². The quantitative estimate of drug-likeness (QED) is 0.838. The van der Waals surface area contributed by atoms with E-state index >= 15 is 0 Å². The number of likely N-dealkylation sites (tertiary alicyclic amines) is 1. The highest BCUT2D eigenvalue weighted by molar-refractivity contribution is 8.00. The highest BCUT2D eigenvalue weighted by Gasteiger charge is 2.59. The fourth-order valence-electron chi connectivity index (χ4n) is 3.39. The number of alkyl halides is 3. The maximum Gasteiger partial charge on any atom is 0.446 e. The third-order valence-electron chi connectivity index (χ3n) is 4.87. The number of carbonyl (C=O) groups excluding carboxylic acids is 1. The molecule has 1 N–H and O–H groups in total. The lowest BCUT2D eigenvalue weighted by Gasteiger charge is -2.32. The first-order valence-electron chi connectivity index (χ1n) is 7.58. The van der Waals surface area contributed by atoms with Gasteiger partial charge in [0.15, 0.2) is 0 Å². The molecule has 3 rings (SSSR count). The Morgan fingerprint density at radius 1 is 1.17 bits per heavy atom. The topological polar surface area (TPSA) is 57.6 Å². The Kier molecular flexibility index (Phi) is 4.27. The Balaban J connectivity index is 1.59. The van der Waals surface area contributed by atoms with E-state index in [4.69, 9.17) is 5.11 Å². The predicted molar refractivity (Wildman–Crippen MR) is 81.7 cm³/mol. The Morgan fingerprint density at radius 3 is 2.21 bits per heavy atom. The molecule has 1 aromatic rings. The Bertz CT molecular complexity index is 652. The molecule has 8 heteroatoms. The van der Waals surface area contributed by atoms with Gasteiger partial charge in [0, 0.05) is 23.5 Å². The van der Waals surface area contributed by atoms with Gasteiger partial charge in [-0.15, -0.1) is 0 Å². The van der Waals surface area contributed by atoms with Gasteiger partial charge in [0.25, 0.3) is 5.91 Å². The van der Waals surface area contributed by atoms with E-state index in [9.17, 15) is 22.8 Å². The molecule has 1 saturated carbocycles. The molecule has 1 atom stereocenters. The van der Waals surface area contributed by atoms with Crippen molar-refractivity contribution in [3.63, 3.8) is 0 Å². The molecule has 1 aromatic carbocycles. The zero-order valence-electron chi connectivity index (χ0n) is 12.7. The van der Waals surface area contributed by atoms with Gasteiger partial charge in [-0.25, -0.2) is 0 Å². The van der Waals surface area contributed by atoms with E-state index in [1.54, 1.807) is 4.90 Å². The average Bonchev–Trinajstić information content (AvgIpc) is 3.21. The molecule has 2 aliphatic rings. The van der Waals surface area contributed by atoms with Crippen molar-refractivity contribution in [2.75, 3.05) is 13.1 Å². The van der Waals surface area contributed by atoms with E-state index in [0.717, 1.165) is 0 Å². The van der Waals surface area contributed by atoms with E-state index in [2.05, 4.69) is 0 Å². The molecule has 1 aliphatic carbocycles. The normalized spacial score (nSPS) is 22.5. The largest absolute Gasteiger partial charge is 0.481 e. The molecule has 1 heterocycles. The highest BCUT2D eigenvalue weighted by Crippen LogP contribution is 2.59. The molecule has 0 bridgehead atoms. The van der Waals surface area contributed by atoms with Gasteiger partial charge in [-0.2, -0.15) is 13.2 Å². The van der Waals surface area contributed by atoms with Crippen LogP contribution in [0.15, 0.2) is 29.2 Å². The molecule has 24 heavy (non-hydrogen) atoms. The third kappa shape index (κ3) is 3.53. The summed E-state index contributed by atoms with van der Waals surface area (Å²) >= 11 is -0.213. The van der Waals surface area contributed by atoms with E-state index < -0.39 is 11.5 Å². The zero-order valence-corrected chi connectivity index (χ0v) is 13.5. The van der Waals surface area contributed by atoms with Crippen LogP contribution in [0.2, 0.25) is 0 Å². The molecular formula is C16H16F3NO3S. The summed E-state index contributed by atoms with van der Waals surface area (Å²) in [5.74, 6) is -1.29. The summed E-state index contributed by atoms with van der Waals surface area (Å²) in [7, 11) is 0. The summed E-state index contributed by atoms with van der Waals surface area (Å²) in [6.45, 7) is 0.976. The minimum Gasteiger partial charge on any atom is -0.481 e. The maximum atomic E-state index is 12.4. The molecule has 1 spiro atoms. The molecule has 1 amide bonds. The Morgan fingerprint density at radius 2 is 1.75 bits per heavy atom. The maximum absolute atomic E-state index is 12.4. The number of carboxylic acid groups (broad SMARTS) is 1. The first kappa shape index (κ1) is 17.1. The van der Waals surface area contributed by atoms with Crippen molar-refractivity contribution in [1.29, 1.82) is 0 Å². The molecule has 4 nitrogen and oxygen atoms in total. The number of piperidine rings is 1. The van der Waals surface area contributed by atoms with Gasteiger partial charge < -0.3 is 10.0 Å². The van der Waals surface area contributed by atoms with E-state index in [1.165, 1.54) is 24.3 Å². The predicted octanol–water partition coefficient (Wildman–Crippen LogP) is 3.63. The standard InChI is InChI=1S/C16H16F3NO3S/c17-16(18,19)24-11-3-1-10(2-4-11)13(21)20-7-5-15(6-8-20)9-12(15)14(22)23/h1-4,12H,5-9H2,(H,22,23). The summed E-state index contributed by atoms with van der Waals surface area (Å²) in [5, 5.41) is 9.07. The van der Waals surface area contributed by atoms with E-state index in [1.807, 2.05) is 0 Å². The van der Waals surface area contributed by atoms with Crippen LogP contribution in [0.5, 0.6) is 0 Å². The second-order valence-electron chi connectivity index (χ2n) is 6.32. The second-order valence-corrected chi connectivity index (χ2v) is 7.46. The van der Waals surface area contributed by atoms with Gasteiger partial charge in [0.05, 0.1) is 5.92 Å². The number of carboxylic acids is 1. The summed E-state index contributed by atoms with van der Waals surface area (Å²) < 4.78 is 36.9. The van der Waals surface area contributed by atoms with E-state index in [0.29, 0.717) is 37.9 Å². The van der Waals surface area contributed by atoms with Gasteiger partial charge in [-0.1, -0.05) is 0 Å². The van der Waals surface area contributed by atoms with Crippen LogP contribution in [0.1, 0.15) is 29.6 Å². The van der Waals surface area contributed by atoms with Crippen LogP contribution in [0.3, 0.4) is 0 Å². The lowest BCUT2D eigenvalue weighted by molar-refractivity contribution is -0.139. The van der Waals surface area contributed by atoms with Crippen molar-refractivity contribution in [2.24, 2.45) is 11.3 Å².